The Morgan fingerprint density at radius 3 is 2.85 bits per heavy atom. The molecule has 0 amide bonds. The molecule has 4 heteroatoms. The number of ether oxygens (including phenoxy) is 1. The van der Waals surface area contributed by atoms with E-state index < -0.39 is 0 Å². The summed E-state index contributed by atoms with van der Waals surface area (Å²) in [4.78, 5) is 0. The van der Waals surface area contributed by atoms with Crippen molar-refractivity contribution in [2.45, 2.75) is 72.3 Å². The third-order valence-corrected chi connectivity index (χ3v) is 4.00. The average Bonchev–Trinajstić information content (AvgIpc) is 2.85. The molecule has 1 atom stereocenters. The van der Waals surface area contributed by atoms with Crippen LogP contribution in [0.3, 0.4) is 0 Å². The van der Waals surface area contributed by atoms with Crippen molar-refractivity contribution >= 4 is 0 Å². The normalized spacial score (nSPS) is 21.8. The number of aromatic nitrogens is 2. The molecule has 0 aromatic carbocycles. The number of rotatable bonds is 6. The zero-order chi connectivity index (χ0) is 14.8. The first-order valence-corrected chi connectivity index (χ1v) is 7.77. The van der Waals surface area contributed by atoms with Gasteiger partial charge in [-0.3, -0.25) is 4.68 Å². The van der Waals surface area contributed by atoms with Crippen LogP contribution in [0.1, 0.15) is 51.8 Å². The van der Waals surface area contributed by atoms with Gasteiger partial charge in [0.15, 0.2) is 0 Å². The molecule has 1 saturated heterocycles. The van der Waals surface area contributed by atoms with E-state index in [0.29, 0.717) is 12.0 Å². The standard InChI is InChI=1S/C16H29N3O/c1-12(2)8-17-9-14-10-18-19(13(14)3)11-15-6-7-16(4,5)20-15/h10,12,15,17H,6-9,11H2,1-5H3. The maximum Gasteiger partial charge on any atom is 0.0779 e. The Morgan fingerprint density at radius 1 is 1.50 bits per heavy atom. The highest BCUT2D eigenvalue weighted by Crippen LogP contribution is 2.30. The van der Waals surface area contributed by atoms with Gasteiger partial charge in [-0.25, -0.2) is 0 Å². The van der Waals surface area contributed by atoms with Crippen molar-refractivity contribution < 1.29 is 4.74 Å². The topological polar surface area (TPSA) is 39.1 Å². The van der Waals surface area contributed by atoms with Crippen LogP contribution >= 0.6 is 0 Å². The zero-order valence-electron chi connectivity index (χ0n) is 13.6. The van der Waals surface area contributed by atoms with Gasteiger partial charge in [-0.2, -0.15) is 5.10 Å². The van der Waals surface area contributed by atoms with Crippen LogP contribution in [0.15, 0.2) is 6.20 Å². The first-order valence-electron chi connectivity index (χ1n) is 7.77. The molecule has 1 aliphatic rings. The van der Waals surface area contributed by atoms with Gasteiger partial charge in [-0.05, 0) is 46.1 Å². The molecule has 0 radical (unpaired) electrons. The molecule has 4 nitrogen and oxygen atoms in total. The Hall–Kier alpha value is -0.870. The van der Waals surface area contributed by atoms with Gasteiger partial charge in [0.1, 0.15) is 0 Å². The first-order chi connectivity index (χ1) is 9.37. The van der Waals surface area contributed by atoms with E-state index in [-0.39, 0.29) is 5.60 Å². The molecule has 1 unspecified atom stereocenters. The molecule has 1 aliphatic heterocycles. The summed E-state index contributed by atoms with van der Waals surface area (Å²) in [5.74, 6) is 0.680. The van der Waals surface area contributed by atoms with Crippen LogP contribution in [0.4, 0.5) is 0 Å². The smallest absolute Gasteiger partial charge is 0.0779 e. The van der Waals surface area contributed by atoms with Crippen molar-refractivity contribution in [1.29, 1.82) is 0 Å². The van der Waals surface area contributed by atoms with E-state index in [0.717, 1.165) is 32.5 Å². The van der Waals surface area contributed by atoms with Crippen LogP contribution in [0, 0.1) is 12.8 Å². The van der Waals surface area contributed by atoms with Gasteiger partial charge < -0.3 is 10.1 Å². The molecule has 1 fully saturated rings. The molecule has 2 heterocycles. The van der Waals surface area contributed by atoms with Crippen LogP contribution in [0.25, 0.3) is 0 Å². The van der Waals surface area contributed by atoms with Gasteiger partial charge in [0.05, 0.1) is 24.4 Å². The SMILES string of the molecule is Cc1c(CNCC(C)C)cnn1CC1CCC(C)(C)O1. The molecule has 1 N–H and O–H groups in total. The van der Waals surface area contributed by atoms with Crippen LogP contribution in [0.2, 0.25) is 0 Å². The summed E-state index contributed by atoms with van der Waals surface area (Å²) < 4.78 is 8.15. The predicted molar refractivity (Wildman–Crippen MR) is 81.7 cm³/mol. The second-order valence-electron chi connectivity index (χ2n) is 7.00. The minimum Gasteiger partial charge on any atom is -0.370 e. The molecule has 0 aliphatic carbocycles. The lowest BCUT2D eigenvalue weighted by atomic mass is 10.1. The van der Waals surface area contributed by atoms with E-state index in [9.17, 15) is 0 Å². The van der Waals surface area contributed by atoms with E-state index in [1.54, 1.807) is 0 Å². The van der Waals surface area contributed by atoms with Crippen molar-refractivity contribution in [1.82, 2.24) is 15.1 Å². The van der Waals surface area contributed by atoms with Gasteiger partial charge in [-0.1, -0.05) is 13.8 Å². The minimum atomic E-state index is 0.0351. The van der Waals surface area contributed by atoms with Gasteiger partial charge >= 0.3 is 0 Å². The predicted octanol–water partition coefficient (Wildman–Crippen LogP) is 2.89. The highest BCUT2D eigenvalue weighted by molar-refractivity contribution is 5.16. The number of nitrogens with one attached hydrogen (secondary N) is 1. The van der Waals surface area contributed by atoms with Gasteiger partial charge in [-0.15, -0.1) is 0 Å². The van der Waals surface area contributed by atoms with Crippen molar-refractivity contribution in [2.24, 2.45) is 5.92 Å². The second kappa shape index (κ2) is 6.27. The van der Waals surface area contributed by atoms with Gasteiger partial charge in [0, 0.05) is 17.8 Å². The Bertz CT molecular complexity index is 437. The first kappa shape index (κ1) is 15.5. The summed E-state index contributed by atoms with van der Waals surface area (Å²) in [7, 11) is 0. The number of hydrogen-bond donors (Lipinski definition) is 1. The van der Waals surface area contributed by atoms with Gasteiger partial charge in [0.2, 0.25) is 0 Å². The van der Waals surface area contributed by atoms with E-state index in [4.69, 9.17) is 4.74 Å². The van der Waals surface area contributed by atoms with E-state index >= 15 is 0 Å². The molecule has 114 valence electrons. The molecule has 1 aromatic heterocycles. The van der Waals surface area contributed by atoms with E-state index in [1.807, 2.05) is 6.20 Å². The summed E-state index contributed by atoms with van der Waals surface area (Å²) >= 11 is 0. The number of nitrogens with zero attached hydrogens (tertiary/aromatic N) is 2. The summed E-state index contributed by atoms with van der Waals surface area (Å²) in [6, 6.07) is 0. The highest BCUT2D eigenvalue weighted by Gasteiger charge is 2.32. The Labute approximate surface area is 122 Å². The fourth-order valence-electron chi connectivity index (χ4n) is 2.74. The lowest BCUT2D eigenvalue weighted by Crippen LogP contribution is -2.24. The average molecular weight is 279 g/mol. The lowest BCUT2D eigenvalue weighted by Gasteiger charge is -2.19. The molecule has 0 spiro atoms. The summed E-state index contributed by atoms with van der Waals surface area (Å²) in [5, 5.41) is 8.00. The van der Waals surface area contributed by atoms with Crippen molar-refractivity contribution in [2.75, 3.05) is 6.54 Å². The Morgan fingerprint density at radius 2 is 2.25 bits per heavy atom. The van der Waals surface area contributed by atoms with Gasteiger partial charge in [0.25, 0.3) is 0 Å². The third kappa shape index (κ3) is 4.06. The zero-order valence-corrected chi connectivity index (χ0v) is 13.6. The van der Waals surface area contributed by atoms with E-state index in [2.05, 4.69) is 49.7 Å². The summed E-state index contributed by atoms with van der Waals surface area (Å²) in [5.41, 5.74) is 2.59. The third-order valence-electron chi connectivity index (χ3n) is 4.00. The molecule has 1 aromatic rings. The van der Waals surface area contributed by atoms with Crippen molar-refractivity contribution in [3.8, 4) is 0 Å². The van der Waals surface area contributed by atoms with Crippen molar-refractivity contribution in [3.63, 3.8) is 0 Å². The van der Waals surface area contributed by atoms with E-state index in [1.165, 1.54) is 11.3 Å². The fourth-order valence-corrected chi connectivity index (χ4v) is 2.74. The molecular weight excluding hydrogens is 250 g/mol. The van der Waals surface area contributed by atoms with Crippen LogP contribution in [-0.4, -0.2) is 28.0 Å². The van der Waals surface area contributed by atoms with Crippen LogP contribution < -0.4 is 5.32 Å². The molecular formula is C16H29N3O. The van der Waals surface area contributed by atoms with Crippen molar-refractivity contribution in [3.05, 3.63) is 17.5 Å². The summed E-state index contributed by atoms with van der Waals surface area (Å²) in [6.07, 6.45) is 4.57. The van der Waals surface area contributed by atoms with Crippen LogP contribution in [-0.2, 0) is 17.8 Å². The fraction of sp³-hybridized carbons (Fsp3) is 0.812. The molecule has 20 heavy (non-hydrogen) atoms. The Kier molecular flexibility index (Phi) is 4.86. The largest absolute Gasteiger partial charge is 0.370 e. The quantitative estimate of drug-likeness (QED) is 0.870. The monoisotopic (exact) mass is 279 g/mol. The molecule has 0 bridgehead atoms. The lowest BCUT2D eigenvalue weighted by molar-refractivity contribution is -0.0232. The highest BCUT2D eigenvalue weighted by atomic mass is 16.5. The molecule has 0 saturated carbocycles. The molecule has 2 rings (SSSR count). The second-order valence-corrected chi connectivity index (χ2v) is 7.00. The Balaban J connectivity index is 1.89. The maximum atomic E-state index is 6.05. The minimum absolute atomic E-state index is 0.0351. The van der Waals surface area contributed by atoms with Crippen LogP contribution in [0.5, 0.6) is 0 Å². The maximum absolute atomic E-state index is 6.05. The summed E-state index contributed by atoms with van der Waals surface area (Å²) in [6.45, 7) is 13.8. The number of hydrogen-bond acceptors (Lipinski definition) is 3.